The lowest BCUT2D eigenvalue weighted by molar-refractivity contribution is 0.102. The van der Waals surface area contributed by atoms with E-state index in [0.717, 1.165) is 9.75 Å². The topological polar surface area (TPSA) is 17.1 Å². The fraction of sp³-hybridized carbons (Fsp3) is 0.214. The van der Waals surface area contributed by atoms with E-state index in [1.807, 2.05) is 12.1 Å². The van der Waals surface area contributed by atoms with Crippen molar-refractivity contribution in [2.24, 2.45) is 0 Å². The molecule has 0 N–H and O–H groups in total. The maximum Gasteiger partial charge on any atom is 0.187 e. The molecule has 0 saturated heterocycles. The van der Waals surface area contributed by atoms with Crippen molar-refractivity contribution in [2.45, 2.75) is 13.8 Å². The molecule has 0 fully saturated rings. The molecule has 0 aliphatic rings. The van der Waals surface area contributed by atoms with Crippen molar-refractivity contribution >= 4 is 28.7 Å². The molecule has 0 radical (unpaired) electrons. The van der Waals surface area contributed by atoms with Crippen molar-refractivity contribution in [2.75, 3.05) is 5.88 Å². The number of ketones is 1. The molecule has 17 heavy (non-hydrogen) atoms. The first-order chi connectivity index (χ1) is 8.11. The molecule has 0 aliphatic heterocycles. The van der Waals surface area contributed by atoms with Crippen LogP contribution in [0.5, 0.6) is 0 Å². The van der Waals surface area contributed by atoms with Gasteiger partial charge in [0.05, 0.1) is 10.8 Å². The van der Waals surface area contributed by atoms with Gasteiger partial charge in [-0.3, -0.25) is 4.79 Å². The molecule has 0 unspecified atom stereocenters. The number of alkyl halides is 1. The van der Waals surface area contributed by atoms with Crippen LogP contribution in [0.3, 0.4) is 0 Å². The Hall–Kier alpha value is -1.12. The highest BCUT2D eigenvalue weighted by Crippen LogP contribution is 2.31. The van der Waals surface area contributed by atoms with Gasteiger partial charge in [-0.1, -0.05) is 23.8 Å². The first kappa shape index (κ1) is 12.3. The summed E-state index contributed by atoms with van der Waals surface area (Å²) in [6.45, 7) is 4.15. The van der Waals surface area contributed by atoms with Crippen molar-refractivity contribution < 1.29 is 4.79 Å². The second-order valence-electron chi connectivity index (χ2n) is 4.04. The number of hydrogen-bond donors (Lipinski definition) is 0. The second kappa shape index (κ2) is 5.03. The SMILES string of the molecule is Cc1ccc(C)c(-c2ccc(C(=O)CCl)s2)c1. The van der Waals surface area contributed by atoms with Gasteiger partial charge in [0.1, 0.15) is 0 Å². The maximum absolute atomic E-state index is 11.5. The highest BCUT2D eigenvalue weighted by atomic mass is 35.5. The summed E-state index contributed by atoms with van der Waals surface area (Å²) in [5.74, 6) is 0.0421. The van der Waals surface area contributed by atoms with Gasteiger partial charge < -0.3 is 0 Å². The first-order valence-electron chi connectivity index (χ1n) is 5.38. The minimum atomic E-state index is -0.00628. The number of Topliss-reactive ketones (excluding diaryl/α,β-unsaturated/α-hetero) is 1. The number of benzene rings is 1. The summed E-state index contributed by atoms with van der Waals surface area (Å²) in [5.41, 5.74) is 3.65. The van der Waals surface area contributed by atoms with Gasteiger partial charge in [-0.05, 0) is 37.1 Å². The lowest BCUT2D eigenvalue weighted by Crippen LogP contribution is -1.95. The highest BCUT2D eigenvalue weighted by molar-refractivity contribution is 7.17. The largest absolute Gasteiger partial charge is 0.292 e. The zero-order valence-corrected chi connectivity index (χ0v) is 11.4. The van der Waals surface area contributed by atoms with Crippen LogP contribution < -0.4 is 0 Å². The minimum Gasteiger partial charge on any atom is -0.292 e. The summed E-state index contributed by atoms with van der Waals surface area (Å²) in [6, 6.07) is 10.2. The van der Waals surface area contributed by atoms with E-state index in [2.05, 4.69) is 32.0 Å². The second-order valence-corrected chi connectivity index (χ2v) is 5.39. The molecule has 88 valence electrons. The predicted octanol–water partition coefficient (Wildman–Crippen LogP) is 4.45. The smallest absolute Gasteiger partial charge is 0.187 e. The Kier molecular flexibility index (Phi) is 3.65. The maximum atomic E-state index is 11.5. The number of aryl methyl sites for hydroxylation is 2. The van der Waals surface area contributed by atoms with Crippen LogP contribution in [0.15, 0.2) is 30.3 Å². The van der Waals surface area contributed by atoms with Crippen molar-refractivity contribution in [3.8, 4) is 10.4 Å². The summed E-state index contributed by atoms with van der Waals surface area (Å²) in [7, 11) is 0. The monoisotopic (exact) mass is 264 g/mol. The number of halogens is 1. The summed E-state index contributed by atoms with van der Waals surface area (Å²) in [4.78, 5) is 13.3. The molecule has 0 atom stereocenters. The number of carbonyl (C=O) groups excluding carboxylic acids is 1. The summed E-state index contributed by atoms with van der Waals surface area (Å²) >= 11 is 7.06. The van der Waals surface area contributed by atoms with Crippen LogP contribution in [0, 0.1) is 13.8 Å². The lowest BCUT2D eigenvalue weighted by Gasteiger charge is -2.04. The van der Waals surface area contributed by atoms with Crippen molar-refractivity contribution in [3.63, 3.8) is 0 Å². The Bertz CT molecular complexity index is 557. The van der Waals surface area contributed by atoms with Gasteiger partial charge in [0.25, 0.3) is 0 Å². The van der Waals surface area contributed by atoms with Gasteiger partial charge in [0, 0.05) is 4.88 Å². The Morgan fingerprint density at radius 2 is 2.00 bits per heavy atom. The van der Waals surface area contributed by atoms with E-state index in [4.69, 9.17) is 11.6 Å². The molecule has 2 rings (SSSR count). The van der Waals surface area contributed by atoms with E-state index in [1.54, 1.807) is 0 Å². The Labute approximate surface area is 110 Å². The van der Waals surface area contributed by atoms with Crippen LogP contribution in [0.25, 0.3) is 10.4 Å². The van der Waals surface area contributed by atoms with E-state index in [9.17, 15) is 4.79 Å². The number of rotatable bonds is 3. The molecule has 0 aliphatic carbocycles. The van der Waals surface area contributed by atoms with Gasteiger partial charge in [-0.15, -0.1) is 22.9 Å². The molecule has 1 heterocycles. The van der Waals surface area contributed by atoms with Gasteiger partial charge in [-0.25, -0.2) is 0 Å². The van der Waals surface area contributed by atoms with Gasteiger partial charge in [0.2, 0.25) is 0 Å². The van der Waals surface area contributed by atoms with Crippen molar-refractivity contribution in [1.82, 2.24) is 0 Å². The normalized spacial score (nSPS) is 10.5. The molecule has 1 aromatic heterocycles. The highest BCUT2D eigenvalue weighted by Gasteiger charge is 2.10. The van der Waals surface area contributed by atoms with Crippen LogP contribution in [0.4, 0.5) is 0 Å². The molecule has 1 nitrogen and oxygen atoms in total. The van der Waals surface area contributed by atoms with E-state index in [-0.39, 0.29) is 11.7 Å². The molecule has 1 aromatic carbocycles. The summed E-state index contributed by atoms with van der Waals surface area (Å²) in [5, 5.41) is 0. The Morgan fingerprint density at radius 3 is 2.71 bits per heavy atom. The quantitative estimate of drug-likeness (QED) is 0.591. The fourth-order valence-corrected chi connectivity index (χ4v) is 2.95. The molecule has 0 spiro atoms. The number of carbonyl (C=O) groups is 1. The summed E-state index contributed by atoms with van der Waals surface area (Å²) < 4.78 is 0. The van der Waals surface area contributed by atoms with E-state index in [0.29, 0.717) is 0 Å². The fourth-order valence-electron chi connectivity index (χ4n) is 1.70. The van der Waals surface area contributed by atoms with Crippen LogP contribution in [0.1, 0.15) is 20.8 Å². The summed E-state index contributed by atoms with van der Waals surface area (Å²) in [6.07, 6.45) is 0. The predicted molar refractivity (Wildman–Crippen MR) is 74.3 cm³/mol. The van der Waals surface area contributed by atoms with Crippen LogP contribution >= 0.6 is 22.9 Å². The van der Waals surface area contributed by atoms with E-state index in [1.165, 1.54) is 28.0 Å². The van der Waals surface area contributed by atoms with E-state index < -0.39 is 0 Å². The van der Waals surface area contributed by atoms with Crippen LogP contribution in [-0.2, 0) is 0 Å². The van der Waals surface area contributed by atoms with Crippen molar-refractivity contribution in [3.05, 3.63) is 46.3 Å². The standard InChI is InChI=1S/C14H13ClOS/c1-9-3-4-10(2)11(7-9)13-5-6-14(17-13)12(16)8-15/h3-7H,8H2,1-2H3. The third-order valence-electron chi connectivity index (χ3n) is 2.66. The van der Waals surface area contributed by atoms with Gasteiger partial charge in [0.15, 0.2) is 5.78 Å². The molecular weight excluding hydrogens is 252 g/mol. The average molecular weight is 265 g/mol. The van der Waals surface area contributed by atoms with E-state index >= 15 is 0 Å². The Balaban J connectivity index is 2.43. The third kappa shape index (κ3) is 2.59. The van der Waals surface area contributed by atoms with Gasteiger partial charge in [-0.2, -0.15) is 0 Å². The van der Waals surface area contributed by atoms with Crippen LogP contribution in [-0.4, -0.2) is 11.7 Å². The molecular formula is C14H13ClOS. The zero-order chi connectivity index (χ0) is 12.4. The number of thiophene rings is 1. The van der Waals surface area contributed by atoms with Gasteiger partial charge >= 0.3 is 0 Å². The molecule has 3 heteroatoms. The Morgan fingerprint density at radius 1 is 1.24 bits per heavy atom. The third-order valence-corrected chi connectivity index (χ3v) is 4.06. The minimum absolute atomic E-state index is 0.00628. The number of hydrogen-bond acceptors (Lipinski definition) is 2. The molecule has 0 amide bonds. The lowest BCUT2D eigenvalue weighted by atomic mass is 10.0. The molecule has 0 bridgehead atoms. The van der Waals surface area contributed by atoms with Crippen LogP contribution in [0.2, 0.25) is 0 Å². The zero-order valence-electron chi connectivity index (χ0n) is 9.79. The first-order valence-corrected chi connectivity index (χ1v) is 6.73. The van der Waals surface area contributed by atoms with Crippen molar-refractivity contribution in [1.29, 1.82) is 0 Å². The average Bonchev–Trinajstić information content (AvgIpc) is 2.80. The molecule has 2 aromatic rings. The molecule has 0 saturated carbocycles.